The largest absolute Gasteiger partial charge is 0.252 e. The van der Waals surface area contributed by atoms with Gasteiger partial charge in [0, 0.05) is 6.42 Å². The molecule has 2 atom stereocenters. The maximum absolute atomic E-state index is 8.95. The molecule has 0 bridgehead atoms. The van der Waals surface area contributed by atoms with Crippen LogP contribution in [0.4, 0.5) is 0 Å². The fourth-order valence-electron chi connectivity index (χ4n) is 3.71. The Morgan fingerprint density at radius 1 is 0.519 bits per heavy atom. The van der Waals surface area contributed by atoms with Gasteiger partial charge in [-0.1, -0.05) is 117 Å². The summed E-state index contributed by atoms with van der Waals surface area (Å²) in [5.74, 6) is 0. The highest BCUT2D eigenvalue weighted by molar-refractivity contribution is 4.64. The van der Waals surface area contributed by atoms with E-state index in [4.69, 9.17) is 10.5 Å². The van der Waals surface area contributed by atoms with Crippen molar-refractivity contribution < 1.29 is 20.3 Å². The van der Waals surface area contributed by atoms with Gasteiger partial charge in [0.25, 0.3) is 0 Å². The van der Waals surface area contributed by atoms with E-state index in [1.165, 1.54) is 96.3 Å². The fourth-order valence-corrected chi connectivity index (χ4v) is 3.71. The summed E-state index contributed by atoms with van der Waals surface area (Å²) in [5.41, 5.74) is 0. The summed E-state index contributed by atoms with van der Waals surface area (Å²) in [4.78, 5) is 8.89. The van der Waals surface area contributed by atoms with Crippen molar-refractivity contribution in [3.05, 3.63) is 0 Å². The average molecular weight is 389 g/mol. The second-order valence-corrected chi connectivity index (χ2v) is 8.19. The first-order valence-electron chi connectivity index (χ1n) is 11.9. The van der Waals surface area contributed by atoms with E-state index in [-0.39, 0.29) is 12.2 Å². The number of hydrogen-bond donors (Lipinski definition) is 2. The van der Waals surface area contributed by atoms with Crippen molar-refractivity contribution in [2.75, 3.05) is 0 Å². The summed E-state index contributed by atoms with van der Waals surface area (Å²) in [6, 6.07) is 0. The zero-order valence-corrected chi connectivity index (χ0v) is 18.3. The highest BCUT2D eigenvalue weighted by Gasteiger charge is 2.16. The monoisotopic (exact) mass is 388 g/mol. The van der Waals surface area contributed by atoms with Crippen LogP contribution in [0.1, 0.15) is 136 Å². The lowest BCUT2D eigenvalue weighted by molar-refractivity contribution is -0.313. The Bertz CT molecular complexity index is 269. The molecule has 0 spiro atoms. The van der Waals surface area contributed by atoms with Crippen LogP contribution in [0.5, 0.6) is 0 Å². The highest BCUT2D eigenvalue weighted by atomic mass is 17.1. The summed E-state index contributed by atoms with van der Waals surface area (Å²) < 4.78 is 0. The highest BCUT2D eigenvalue weighted by Crippen LogP contribution is 2.17. The van der Waals surface area contributed by atoms with Crippen molar-refractivity contribution >= 4 is 0 Å². The third-order valence-electron chi connectivity index (χ3n) is 5.66. The second kappa shape index (κ2) is 22.1. The molecule has 2 unspecified atom stereocenters. The molecule has 2 N–H and O–H groups in total. The molecule has 0 aromatic carbocycles. The van der Waals surface area contributed by atoms with Crippen molar-refractivity contribution in [2.45, 2.75) is 148 Å². The summed E-state index contributed by atoms with van der Waals surface area (Å²) in [5, 5.41) is 17.7. The lowest BCUT2D eigenvalue weighted by atomic mass is 10.0. The van der Waals surface area contributed by atoms with E-state index in [1.54, 1.807) is 0 Å². The molecule has 0 radical (unpaired) electrons. The molecule has 4 nitrogen and oxygen atoms in total. The van der Waals surface area contributed by atoms with Crippen LogP contribution in [0.15, 0.2) is 0 Å². The maximum Gasteiger partial charge on any atom is 0.0953 e. The van der Waals surface area contributed by atoms with Crippen molar-refractivity contribution in [3.63, 3.8) is 0 Å². The minimum Gasteiger partial charge on any atom is -0.252 e. The Kier molecular flexibility index (Phi) is 22.0. The molecule has 27 heavy (non-hydrogen) atoms. The third kappa shape index (κ3) is 18.9. The van der Waals surface area contributed by atoms with Gasteiger partial charge in [-0.2, -0.15) is 0 Å². The zero-order valence-electron chi connectivity index (χ0n) is 18.3. The topological polar surface area (TPSA) is 58.9 Å². The molecular weight excluding hydrogens is 340 g/mol. The first kappa shape index (κ1) is 26.8. The van der Waals surface area contributed by atoms with Crippen LogP contribution in [0.2, 0.25) is 0 Å². The van der Waals surface area contributed by atoms with Gasteiger partial charge in [-0.05, 0) is 12.8 Å². The van der Waals surface area contributed by atoms with E-state index in [0.717, 1.165) is 19.3 Å². The summed E-state index contributed by atoms with van der Waals surface area (Å²) in [6.45, 7) is 4.23. The Labute approximate surface area is 168 Å². The Hall–Kier alpha value is -0.160. The minimum absolute atomic E-state index is 0.228. The first-order chi connectivity index (χ1) is 13.3. The lowest BCUT2D eigenvalue weighted by Gasteiger charge is -2.17. The molecular formula is C23H48O4. The Balaban J connectivity index is 3.26. The van der Waals surface area contributed by atoms with E-state index >= 15 is 0 Å². The molecule has 0 rings (SSSR count). The van der Waals surface area contributed by atoms with Gasteiger partial charge in [0.05, 0.1) is 12.2 Å². The summed E-state index contributed by atoms with van der Waals surface area (Å²) >= 11 is 0. The van der Waals surface area contributed by atoms with E-state index < -0.39 is 0 Å². The molecule has 0 saturated carbocycles. The van der Waals surface area contributed by atoms with Gasteiger partial charge in [0.15, 0.2) is 0 Å². The van der Waals surface area contributed by atoms with E-state index in [2.05, 4.69) is 16.7 Å². The average Bonchev–Trinajstić information content (AvgIpc) is 2.70. The molecule has 0 amide bonds. The molecule has 0 aliphatic carbocycles. The van der Waals surface area contributed by atoms with Crippen molar-refractivity contribution in [1.29, 1.82) is 0 Å². The Morgan fingerprint density at radius 3 is 1.22 bits per heavy atom. The van der Waals surface area contributed by atoms with Crippen molar-refractivity contribution in [2.24, 2.45) is 0 Å². The van der Waals surface area contributed by atoms with Crippen LogP contribution < -0.4 is 0 Å². The van der Waals surface area contributed by atoms with Gasteiger partial charge in [-0.15, -0.1) is 0 Å². The summed E-state index contributed by atoms with van der Waals surface area (Å²) in [7, 11) is 0. The molecule has 4 heteroatoms. The molecule has 164 valence electrons. The van der Waals surface area contributed by atoms with E-state index in [0.29, 0.717) is 6.42 Å². The van der Waals surface area contributed by atoms with Gasteiger partial charge in [-0.25, -0.2) is 9.78 Å². The van der Waals surface area contributed by atoms with Crippen molar-refractivity contribution in [3.8, 4) is 0 Å². The molecule has 0 heterocycles. The van der Waals surface area contributed by atoms with Gasteiger partial charge in [0.1, 0.15) is 0 Å². The van der Waals surface area contributed by atoms with Crippen LogP contribution >= 0.6 is 0 Å². The smallest absolute Gasteiger partial charge is 0.0953 e. The third-order valence-corrected chi connectivity index (χ3v) is 5.66. The molecule has 0 fully saturated rings. The van der Waals surface area contributed by atoms with Crippen LogP contribution in [-0.4, -0.2) is 22.7 Å². The van der Waals surface area contributed by atoms with Crippen molar-refractivity contribution in [1.82, 2.24) is 0 Å². The quantitative estimate of drug-likeness (QED) is 0.112. The van der Waals surface area contributed by atoms with Crippen LogP contribution in [0.3, 0.4) is 0 Å². The van der Waals surface area contributed by atoms with Crippen LogP contribution in [0, 0.1) is 0 Å². The van der Waals surface area contributed by atoms with Gasteiger partial charge < -0.3 is 0 Å². The molecule has 0 aliphatic heterocycles. The molecule has 0 aromatic rings. The predicted molar refractivity (Wildman–Crippen MR) is 114 cm³/mol. The number of unbranched alkanes of at least 4 members (excludes halogenated alkanes) is 15. The Morgan fingerprint density at radius 2 is 0.889 bits per heavy atom. The van der Waals surface area contributed by atoms with Gasteiger partial charge in [0.2, 0.25) is 0 Å². The molecule has 0 aromatic heterocycles. The maximum atomic E-state index is 8.95. The lowest BCUT2D eigenvalue weighted by Crippen LogP contribution is -2.21. The standard InChI is InChI=1S/C23H48O4/c1-3-5-6-7-8-9-10-11-12-13-14-15-16-17-18-19-20-23(27-25)21-22(4-2)26-24/h22-25H,3-21H2,1-2H3. The first-order valence-corrected chi connectivity index (χ1v) is 11.9. The molecule has 0 saturated heterocycles. The van der Waals surface area contributed by atoms with Crippen LogP contribution in [0.25, 0.3) is 0 Å². The predicted octanol–water partition coefficient (Wildman–Crippen LogP) is 8.15. The fraction of sp³-hybridized carbons (Fsp3) is 1.00. The second-order valence-electron chi connectivity index (χ2n) is 8.19. The number of rotatable bonds is 22. The van der Waals surface area contributed by atoms with E-state index in [1.807, 2.05) is 6.92 Å². The molecule has 0 aliphatic rings. The SMILES string of the molecule is CCCCCCCCCCCCCCCCCCC(CC(CC)OO)OO. The van der Waals surface area contributed by atoms with Gasteiger partial charge in [-0.3, -0.25) is 10.5 Å². The zero-order chi connectivity index (χ0) is 20.0. The summed E-state index contributed by atoms with van der Waals surface area (Å²) in [6.07, 6.45) is 23.3. The van der Waals surface area contributed by atoms with E-state index in [9.17, 15) is 0 Å². The minimum atomic E-state index is -0.247. The van der Waals surface area contributed by atoms with Crippen LogP contribution in [-0.2, 0) is 9.78 Å². The normalized spacial score (nSPS) is 13.8. The number of hydrogen-bond acceptors (Lipinski definition) is 4. The van der Waals surface area contributed by atoms with Gasteiger partial charge >= 0.3 is 0 Å².